The van der Waals surface area contributed by atoms with Gasteiger partial charge < -0.3 is 20.5 Å². The molecule has 0 heterocycles. The van der Waals surface area contributed by atoms with E-state index in [1.807, 2.05) is 50.2 Å². The maximum atomic E-state index is 13.1. The Bertz CT molecular complexity index is 1070. The molecule has 2 aliphatic carbocycles. The lowest BCUT2D eigenvalue weighted by molar-refractivity contribution is -0.148. The fourth-order valence-electron chi connectivity index (χ4n) is 4.92. The van der Waals surface area contributed by atoms with Crippen LogP contribution in [0.1, 0.15) is 63.5 Å². The molecule has 0 radical (unpaired) electrons. The number of nitrogens with one attached hydrogen (secondary N) is 2. The van der Waals surface area contributed by atoms with Crippen LogP contribution in [0.3, 0.4) is 0 Å². The van der Waals surface area contributed by atoms with Crippen molar-refractivity contribution in [1.82, 2.24) is 10.6 Å². The summed E-state index contributed by atoms with van der Waals surface area (Å²) >= 11 is 0. The number of amides is 2. The standard InChI is InChI=1S/C28H34N2O5/c1-4-17(2)15-24(25(31)30-28(3,26(32)33)18-13-14-18)29-27(34)35-16-23-21-11-7-5-9-19(21)20-10-6-8-12-22(20)23/h5-12,17-18,23-24H,4,13-16H2,1-3H3,(H,29,34)(H,30,31)(H,32,33). The van der Waals surface area contributed by atoms with E-state index < -0.39 is 29.6 Å². The summed E-state index contributed by atoms with van der Waals surface area (Å²) in [4.78, 5) is 37.8. The third-order valence-corrected chi connectivity index (χ3v) is 7.51. The molecule has 35 heavy (non-hydrogen) atoms. The quantitative estimate of drug-likeness (QED) is 0.459. The maximum absolute atomic E-state index is 13.1. The molecule has 3 atom stereocenters. The van der Waals surface area contributed by atoms with E-state index in [0.717, 1.165) is 41.5 Å². The van der Waals surface area contributed by atoms with Crippen LogP contribution in [0.25, 0.3) is 11.1 Å². The molecule has 0 aliphatic heterocycles. The molecule has 3 N–H and O–H groups in total. The zero-order valence-corrected chi connectivity index (χ0v) is 20.5. The van der Waals surface area contributed by atoms with Crippen molar-refractivity contribution in [1.29, 1.82) is 0 Å². The number of rotatable bonds is 10. The Morgan fingerprint density at radius 3 is 2.14 bits per heavy atom. The first-order valence-corrected chi connectivity index (χ1v) is 12.4. The van der Waals surface area contributed by atoms with Gasteiger partial charge in [0.05, 0.1) is 0 Å². The zero-order valence-electron chi connectivity index (χ0n) is 20.5. The van der Waals surface area contributed by atoms with Crippen LogP contribution < -0.4 is 10.6 Å². The average molecular weight is 479 g/mol. The molecule has 0 bridgehead atoms. The summed E-state index contributed by atoms with van der Waals surface area (Å²) in [6.07, 6.45) is 2.07. The summed E-state index contributed by atoms with van der Waals surface area (Å²) in [5.41, 5.74) is 3.15. The van der Waals surface area contributed by atoms with E-state index in [-0.39, 0.29) is 24.4 Å². The second-order valence-electron chi connectivity index (χ2n) is 10.0. The number of aliphatic carboxylic acids is 1. The number of carboxylic acids is 1. The predicted molar refractivity (Wildman–Crippen MR) is 133 cm³/mol. The summed E-state index contributed by atoms with van der Waals surface area (Å²) in [7, 11) is 0. The van der Waals surface area contributed by atoms with Crippen molar-refractivity contribution in [3.63, 3.8) is 0 Å². The number of carbonyl (C=O) groups is 3. The summed E-state index contributed by atoms with van der Waals surface area (Å²) in [6.45, 7) is 5.69. The van der Waals surface area contributed by atoms with E-state index in [2.05, 4.69) is 22.8 Å². The Morgan fingerprint density at radius 1 is 1.06 bits per heavy atom. The second-order valence-corrected chi connectivity index (χ2v) is 10.0. The number of benzene rings is 2. The number of alkyl carbamates (subject to hydrolysis) is 1. The first-order chi connectivity index (χ1) is 16.7. The second kappa shape index (κ2) is 10.1. The SMILES string of the molecule is CCC(C)CC(NC(=O)OCC1c2ccccc2-c2ccccc21)C(=O)NC(C)(C(=O)O)C1CC1. The monoisotopic (exact) mass is 478 g/mol. The highest BCUT2D eigenvalue weighted by Gasteiger charge is 2.49. The lowest BCUT2D eigenvalue weighted by Gasteiger charge is -2.29. The lowest BCUT2D eigenvalue weighted by atomic mass is 9.93. The fourth-order valence-corrected chi connectivity index (χ4v) is 4.92. The number of ether oxygens (including phenoxy) is 1. The third kappa shape index (κ3) is 5.19. The smallest absolute Gasteiger partial charge is 0.407 e. The van der Waals surface area contributed by atoms with Gasteiger partial charge in [0, 0.05) is 5.92 Å². The van der Waals surface area contributed by atoms with Crippen molar-refractivity contribution in [3.8, 4) is 11.1 Å². The van der Waals surface area contributed by atoms with Crippen LogP contribution >= 0.6 is 0 Å². The Kier molecular flexibility index (Phi) is 7.15. The predicted octanol–water partition coefficient (Wildman–Crippen LogP) is 4.70. The van der Waals surface area contributed by atoms with Gasteiger partial charge in [0.25, 0.3) is 0 Å². The van der Waals surface area contributed by atoms with Crippen molar-refractivity contribution in [3.05, 3.63) is 59.7 Å². The molecule has 2 amide bonds. The average Bonchev–Trinajstić information content (AvgIpc) is 3.66. The minimum absolute atomic E-state index is 0.0832. The maximum Gasteiger partial charge on any atom is 0.407 e. The van der Waals surface area contributed by atoms with Crippen LogP contribution in [0.2, 0.25) is 0 Å². The number of fused-ring (bicyclic) bond motifs is 3. The number of hydrogen-bond acceptors (Lipinski definition) is 4. The van der Waals surface area contributed by atoms with Gasteiger partial charge in [0.2, 0.25) is 5.91 Å². The van der Waals surface area contributed by atoms with Crippen LogP contribution in [0.5, 0.6) is 0 Å². The molecule has 1 fully saturated rings. The third-order valence-electron chi connectivity index (χ3n) is 7.51. The van der Waals surface area contributed by atoms with E-state index in [1.165, 1.54) is 0 Å². The molecular formula is C28H34N2O5. The molecule has 7 heteroatoms. The lowest BCUT2D eigenvalue weighted by Crippen LogP contribution is -2.59. The molecule has 2 aromatic rings. The van der Waals surface area contributed by atoms with E-state index in [1.54, 1.807) is 6.92 Å². The van der Waals surface area contributed by atoms with Crippen molar-refractivity contribution in [2.45, 2.75) is 64.0 Å². The minimum atomic E-state index is -1.34. The summed E-state index contributed by atoms with van der Waals surface area (Å²) < 4.78 is 5.63. The van der Waals surface area contributed by atoms with Gasteiger partial charge in [-0.3, -0.25) is 4.79 Å². The molecule has 0 saturated heterocycles. The Labute approximate surface area is 206 Å². The summed E-state index contributed by atoms with van der Waals surface area (Å²) in [6, 6.07) is 15.3. The van der Waals surface area contributed by atoms with Gasteiger partial charge in [-0.05, 0) is 60.3 Å². The molecule has 0 aromatic heterocycles. The van der Waals surface area contributed by atoms with E-state index >= 15 is 0 Å². The van der Waals surface area contributed by atoms with Gasteiger partial charge in [0.1, 0.15) is 18.2 Å². The zero-order chi connectivity index (χ0) is 25.2. The molecule has 186 valence electrons. The molecule has 2 aromatic carbocycles. The van der Waals surface area contributed by atoms with Crippen molar-refractivity contribution >= 4 is 18.0 Å². The topological polar surface area (TPSA) is 105 Å². The largest absolute Gasteiger partial charge is 0.480 e. The number of hydrogen-bond donors (Lipinski definition) is 3. The van der Waals surface area contributed by atoms with Crippen molar-refractivity contribution in [2.24, 2.45) is 11.8 Å². The fraction of sp³-hybridized carbons (Fsp3) is 0.464. The van der Waals surface area contributed by atoms with Crippen LogP contribution in [0.4, 0.5) is 4.79 Å². The first kappa shape index (κ1) is 24.8. The van der Waals surface area contributed by atoms with Gasteiger partial charge in [-0.1, -0.05) is 68.8 Å². The van der Waals surface area contributed by atoms with Crippen molar-refractivity contribution in [2.75, 3.05) is 6.61 Å². The van der Waals surface area contributed by atoms with Gasteiger partial charge in [-0.2, -0.15) is 0 Å². The summed E-state index contributed by atoms with van der Waals surface area (Å²) in [5.74, 6) is -1.56. The van der Waals surface area contributed by atoms with Gasteiger partial charge in [-0.15, -0.1) is 0 Å². The Morgan fingerprint density at radius 2 is 1.63 bits per heavy atom. The van der Waals surface area contributed by atoms with E-state index in [9.17, 15) is 19.5 Å². The van der Waals surface area contributed by atoms with E-state index in [4.69, 9.17) is 4.74 Å². The minimum Gasteiger partial charge on any atom is -0.480 e. The molecule has 2 aliphatic rings. The Hall–Kier alpha value is -3.35. The summed E-state index contributed by atoms with van der Waals surface area (Å²) in [5, 5.41) is 15.1. The van der Waals surface area contributed by atoms with Crippen LogP contribution in [0.15, 0.2) is 48.5 Å². The van der Waals surface area contributed by atoms with Crippen LogP contribution in [-0.4, -0.2) is 41.3 Å². The normalized spacial score (nSPS) is 17.9. The Balaban J connectivity index is 1.44. The molecule has 7 nitrogen and oxygen atoms in total. The van der Waals surface area contributed by atoms with Gasteiger partial charge in [-0.25, -0.2) is 9.59 Å². The highest BCUT2D eigenvalue weighted by atomic mass is 16.5. The molecule has 0 spiro atoms. The van der Waals surface area contributed by atoms with Crippen molar-refractivity contribution < 1.29 is 24.2 Å². The molecule has 1 saturated carbocycles. The molecule has 3 unspecified atom stereocenters. The van der Waals surface area contributed by atoms with E-state index in [0.29, 0.717) is 6.42 Å². The van der Waals surface area contributed by atoms with Crippen LogP contribution in [0, 0.1) is 11.8 Å². The number of carbonyl (C=O) groups excluding carboxylic acids is 2. The van der Waals surface area contributed by atoms with Crippen LogP contribution in [-0.2, 0) is 14.3 Å². The van der Waals surface area contributed by atoms with Gasteiger partial charge >= 0.3 is 12.1 Å². The number of carboxylic acid groups (broad SMARTS) is 1. The molecular weight excluding hydrogens is 444 g/mol. The highest BCUT2D eigenvalue weighted by molar-refractivity contribution is 5.91. The highest BCUT2D eigenvalue weighted by Crippen LogP contribution is 2.44. The molecule has 4 rings (SSSR count). The first-order valence-electron chi connectivity index (χ1n) is 12.4. The van der Waals surface area contributed by atoms with Gasteiger partial charge in [0.15, 0.2) is 0 Å².